The summed E-state index contributed by atoms with van der Waals surface area (Å²) >= 11 is 5.88. The number of rotatable bonds is 5. The lowest BCUT2D eigenvalue weighted by Crippen LogP contribution is -2.28. The highest BCUT2D eigenvalue weighted by molar-refractivity contribution is 7.89. The number of sulfonamides is 1. The lowest BCUT2D eigenvalue weighted by Gasteiger charge is -2.19. The molecule has 3 aromatic rings. The van der Waals surface area contributed by atoms with Gasteiger partial charge in [-0.1, -0.05) is 34.5 Å². The molecule has 3 rings (SSSR count). The van der Waals surface area contributed by atoms with Crippen molar-refractivity contribution < 1.29 is 12.9 Å². The van der Waals surface area contributed by atoms with E-state index < -0.39 is 10.0 Å². The fourth-order valence-electron chi connectivity index (χ4n) is 3.04. The van der Waals surface area contributed by atoms with Gasteiger partial charge in [0.05, 0.1) is 11.4 Å². The molecule has 0 saturated heterocycles. The molecular weight excluding hydrogens is 386 g/mol. The summed E-state index contributed by atoms with van der Waals surface area (Å²) in [6, 6.07) is 10.7. The van der Waals surface area contributed by atoms with Crippen LogP contribution in [0.3, 0.4) is 0 Å². The van der Waals surface area contributed by atoms with E-state index in [1.54, 1.807) is 38.1 Å². The van der Waals surface area contributed by atoms with Crippen LogP contribution >= 0.6 is 11.6 Å². The Kier molecular flexibility index (Phi) is 5.37. The van der Waals surface area contributed by atoms with Gasteiger partial charge in [0, 0.05) is 17.6 Å². The van der Waals surface area contributed by atoms with E-state index >= 15 is 0 Å². The van der Waals surface area contributed by atoms with Crippen LogP contribution in [0.2, 0.25) is 5.02 Å². The third-order valence-corrected chi connectivity index (χ3v) is 6.56. The lowest BCUT2D eigenvalue weighted by molar-refractivity contribution is 0.336. The second kappa shape index (κ2) is 7.42. The predicted octanol–water partition coefficient (Wildman–Crippen LogP) is 4.14. The maximum absolute atomic E-state index is 13.0. The summed E-state index contributed by atoms with van der Waals surface area (Å²) in [6.45, 7) is 5.52. The number of halogens is 1. The Morgan fingerprint density at radius 2 is 1.67 bits per heavy atom. The van der Waals surface area contributed by atoms with Gasteiger partial charge in [-0.05, 0) is 56.2 Å². The molecule has 0 amide bonds. The van der Waals surface area contributed by atoms with Gasteiger partial charge < -0.3 is 4.52 Å². The molecule has 8 heteroatoms. The molecule has 0 atom stereocenters. The monoisotopic (exact) mass is 405 g/mol. The number of aromatic nitrogens is 2. The van der Waals surface area contributed by atoms with Crippen molar-refractivity contribution in [2.75, 3.05) is 7.05 Å². The summed E-state index contributed by atoms with van der Waals surface area (Å²) in [7, 11) is -2.19. The van der Waals surface area contributed by atoms with E-state index in [-0.39, 0.29) is 12.4 Å². The van der Waals surface area contributed by atoms with Gasteiger partial charge in [0.2, 0.25) is 21.7 Å². The van der Waals surface area contributed by atoms with Crippen LogP contribution in [0.1, 0.15) is 22.6 Å². The maximum atomic E-state index is 13.0. The minimum Gasteiger partial charge on any atom is -0.338 e. The zero-order valence-electron chi connectivity index (χ0n) is 15.5. The van der Waals surface area contributed by atoms with Gasteiger partial charge in [0.15, 0.2) is 0 Å². The second-order valence-electron chi connectivity index (χ2n) is 6.51. The van der Waals surface area contributed by atoms with E-state index in [1.165, 1.54) is 11.4 Å². The van der Waals surface area contributed by atoms with Crippen LogP contribution in [-0.2, 0) is 16.6 Å². The number of hydrogen-bond donors (Lipinski definition) is 0. The zero-order chi connectivity index (χ0) is 19.8. The molecule has 0 fully saturated rings. The van der Waals surface area contributed by atoms with E-state index in [9.17, 15) is 8.42 Å². The Morgan fingerprint density at radius 1 is 1.07 bits per heavy atom. The van der Waals surface area contributed by atoms with Crippen molar-refractivity contribution >= 4 is 21.6 Å². The minimum atomic E-state index is -3.69. The highest BCUT2D eigenvalue weighted by Gasteiger charge is 2.26. The van der Waals surface area contributed by atoms with Crippen molar-refractivity contribution in [1.82, 2.24) is 14.4 Å². The van der Waals surface area contributed by atoms with E-state index in [1.807, 2.05) is 19.1 Å². The summed E-state index contributed by atoms with van der Waals surface area (Å²) in [5, 5.41) is 4.53. The Balaban J connectivity index is 1.85. The maximum Gasteiger partial charge on any atom is 0.243 e. The average Bonchev–Trinajstić information content (AvgIpc) is 3.02. The second-order valence-corrected chi connectivity index (χ2v) is 8.93. The number of hydrogen-bond acceptors (Lipinski definition) is 5. The SMILES string of the molecule is Cc1cc(C)c(S(=O)(=O)N(C)Cc2nc(-c3ccc(Cl)cc3)no2)c(C)c1. The average molecular weight is 406 g/mol. The first kappa shape index (κ1) is 19.5. The smallest absolute Gasteiger partial charge is 0.243 e. The van der Waals surface area contributed by atoms with Crippen molar-refractivity contribution in [2.45, 2.75) is 32.2 Å². The minimum absolute atomic E-state index is 0.0182. The quantitative estimate of drug-likeness (QED) is 0.637. The van der Waals surface area contributed by atoms with Gasteiger partial charge in [0.1, 0.15) is 0 Å². The molecule has 6 nitrogen and oxygen atoms in total. The van der Waals surface area contributed by atoms with E-state index in [0.717, 1.165) is 11.1 Å². The topological polar surface area (TPSA) is 76.3 Å². The molecule has 0 aliphatic heterocycles. The fourth-order valence-corrected chi connectivity index (χ4v) is 4.69. The first-order valence-corrected chi connectivity index (χ1v) is 10.1. The number of nitrogens with zero attached hydrogens (tertiary/aromatic N) is 3. The van der Waals surface area contributed by atoms with Crippen molar-refractivity contribution in [3.63, 3.8) is 0 Å². The van der Waals surface area contributed by atoms with Crippen LogP contribution in [0.25, 0.3) is 11.4 Å². The largest absolute Gasteiger partial charge is 0.338 e. The molecule has 0 radical (unpaired) electrons. The first-order chi connectivity index (χ1) is 12.7. The Bertz CT molecular complexity index is 1050. The Morgan fingerprint density at radius 3 is 2.26 bits per heavy atom. The highest BCUT2D eigenvalue weighted by atomic mass is 35.5. The molecule has 1 heterocycles. The fraction of sp³-hybridized carbons (Fsp3) is 0.263. The lowest BCUT2D eigenvalue weighted by atomic mass is 10.1. The normalized spacial score (nSPS) is 11.9. The molecule has 0 N–H and O–H groups in total. The van der Waals surface area contributed by atoms with Crippen LogP contribution in [0, 0.1) is 20.8 Å². The van der Waals surface area contributed by atoms with Crippen LogP contribution in [0.15, 0.2) is 45.8 Å². The van der Waals surface area contributed by atoms with Gasteiger partial charge >= 0.3 is 0 Å². The Hall–Kier alpha value is -2.22. The van der Waals surface area contributed by atoms with Crippen molar-refractivity contribution in [2.24, 2.45) is 0 Å². The van der Waals surface area contributed by atoms with Crippen LogP contribution in [-0.4, -0.2) is 29.9 Å². The van der Waals surface area contributed by atoms with Crippen LogP contribution in [0.4, 0.5) is 0 Å². The van der Waals surface area contributed by atoms with Crippen molar-refractivity contribution in [3.8, 4) is 11.4 Å². The number of benzene rings is 2. The van der Waals surface area contributed by atoms with Gasteiger partial charge in [-0.25, -0.2) is 8.42 Å². The molecule has 0 bridgehead atoms. The zero-order valence-corrected chi connectivity index (χ0v) is 17.1. The van der Waals surface area contributed by atoms with Gasteiger partial charge in [0.25, 0.3) is 0 Å². The third-order valence-electron chi connectivity index (χ3n) is 4.20. The molecule has 1 aromatic heterocycles. The molecule has 2 aromatic carbocycles. The Labute approximate surface area is 163 Å². The highest BCUT2D eigenvalue weighted by Crippen LogP contribution is 2.26. The summed E-state index contributed by atoms with van der Waals surface area (Å²) in [5.41, 5.74) is 3.19. The molecule has 0 spiro atoms. The van der Waals surface area contributed by atoms with Gasteiger partial charge in [-0.2, -0.15) is 9.29 Å². The molecular formula is C19H20ClN3O3S. The summed E-state index contributed by atoms with van der Waals surface area (Å²) in [4.78, 5) is 4.60. The molecule has 142 valence electrons. The van der Waals surface area contributed by atoms with Gasteiger partial charge in [-0.3, -0.25) is 0 Å². The van der Waals surface area contributed by atoms with Crippen LogP contribution < -0.4 is 0 Å². The molecule has 0 unspecified atom stereocenters. The number of aryl methyl sites for hydroxylation is 3. The molecule has 0 saturated carbocycles. The molecule has 0 aliphatic carbocycles. The summed E-state index contributed by atoms with van der Waals surface area (Å²) in [6.07, 6.45) is 0. The summed E-state index contributed by atoms with van der Waals surface area (Å²) < 4.78 is 32.5. The first-order valence-electron chi connectivity index (χ1n) is 8.31. The summed E-state index contributed by atoms with van der Waals surface area (Å²) in [5.74, 6) is 0.601. The van der Waals surface area contributed by atoms with E-state index in [4.69, 9.17) is 16.1 Å². The van der Waals surface area contributed by atoms with Crippen molar-refractivity contribution in [1.29, 1.82) is 0 Å². The molecule has 27 heavy (non-hydrogen) atoms. The van der Waals surface area contributed by atoms with Crippen LogP contribution in [0.5, 0.6) is 0 Å². The predicted molar refractivity (Wildman–Crippen MR) is 104 cm³/mol. The van der Waals surface area contributed by atoms with E-state index in [2.05, 4.69) is 10.1 Å². The standard InChI is InChI=1S/C19H20ClN3O3S/c1-12-9-13(2)18(14(3)10-12)27(24,25)23(4)11-17-21-19(22-26-17)15-5-7-16(20)8-6-15/h5-10H,11H2,1-4H3. The van der Waals surface area contributed by atoms with Crippen molar-refractivity contribution in [3.05, 3.63) is 64.0 Å². The van der Waals surface area contributed by atoms with E-state index in [0.29, 0.717) is 26.9 Å². The molecule has 0 aliphatic rings. The van der Waals surface area contributed by atoms with Gasteiger partial charge in [-0.15, -0.1) is 0 Å². The third kappa shape index (κ3) is 4.05.